The van der Waals surface area contributed by atoms with Gasteiger partial charge in [-0.15, -0.1) is 0 Å². The summed E-state index contributed by atoms with van der Waals surface area (Å²) in [5.41, 5.74) is 7.62. The lowest BCUT2D eigenvalue weighted by Crippen LogP contribution is -2.47. The molecule has 0 aromatic heterocycles. The summed E-state index contributed by atoms with van der Waals surface area (Å²) >= 11 is 0. The first-order valence-electron chi connectivity index (χ1n) is 9.90. The van der Waals surface area contributed by atoms with E-state index in [-0.39, 0.29) is 16.9 Å². The lowest BCUT2D eigenvalue weighted by molar-refractivity contribution is -0.128. The van der Waals surface area contributed by atoms with Gasteiger partial charge in [0.2, 0.25) is 0 Å². The zero-order valence-corrected chi connectivity index (χ0v) is 17.6. The summed E-state index contributed by atoms with van der Waals surface area (Å²) in [5, 5.41) is 0. The van der Waals surface area contributed by atoms with Gasteiger partial charge in [0.25, 0.3) is 11.8 Å². The summed E-state index contributed by atoms with van der Waals surface area (Å²) < 4.78 is 5.73. The van der Waals surface area contributed by atoms with Crippen LogP contribution in [0.5, 0.6) is 5.75 Å². The van der Waals surface area contributed by atoms with Gasteiger partial charge < -0.3 is 4.74 Å². The Morgan fingerprint density at radius 2 is 1.42 bits per heavy atom. The Morgan fingerprint density at radius 1 is 0.774 bits per heavy atom. The molecular formula is C25H24N2O4. The molecule has 0 bridgehead atoms. The first kappa shape index (κ1) is 21.8. The second kappa shape index (κ2) is 9.71. The van der Waals surface area contributed by atoms with Crippen LogP contribution in [0.2, 0.25) is 0 Å². The highest BCUT2D eigenvalue weighted by Gasteiger charge is 2.20. The van der Waals surface area contributed by atoms with Crippen molar-refractivity contribution in [2.45, 2.75) is 26.9 Å². The predicted octanol–water partition coefficient (Wildman–Crippen LogP) is 3.76. The molecule has 1 atom stereocenters. The SMILES string of the molecule is Cc1cccc(O[C@H](C)C(=O)NNC(=O)c2ccccc2C(=O)c2ccccc2)c1C. The van der Waals surface area contributed by atoms with Gasteiger partial charge in [-0.05, 0) is 44.0 Å². The van der Waals surface area contributed by atoms with Crippen molar-refractivity contribution in [3.05, 3.63) is 101 Å². The van der Waals surface area contributed by atoms with Gasteiger partial charge in [-0.1, -0.05) is 60.7 Å². The third kappa shape index (κ3) is 5.17. The van der Waals surface area contributed by atoms with Crippen molar-refractivity contribution in [1.29, 1.82) is 0 Å². The minimum atomic E-state index is -0.831. The molecule has 0 spiro atoms. The lowest BCUT2D eigenvalue weighted by atomic mass is 9.98. The molecule has 0 aliphatic carbocycles. The first-order chi connectivity index (χ1) is 14.9. The summed E-state index contributed by atoms with van der Waals surface area (Å²) in [7, 11) is 0. The average Bonchev–Trinajstić information content (AvgIpc) is 2.80. The van der Waals surface area contributed by atoms with Crippen LogP contribution in [-0.2, 0) is 4.79 Å². The van der Waals surface area contributed by atoms with Crippen molar-refractivity contribution in [3.63, 3.8) is 0 Å². The highest BCUT2D eigenvalue weighted by molar-refractivity contribution is 6.15. The van der Waals surface area contributed by atoms with Crippen LogP contribution in [0.4, 0.5) is 0 Å². The normalized spacial score (nSPS) is 11.3. The van der Waals surface area contributed by atoms with Crippen LogP contribution in [-0.4, -0.2) is 23.7 Å². The molecular weight excluding hydrogens is 392 g/mol. The van der Waals surface area contributed by atoms with Crippen LogP contribution in [0.3, 0.4) is 0 Å². The van der Waals surface area contributed by atoms with E-state index in [1.165, 1.54) is 6.07 Å². The first-order valence-corrected chi connectivity index (χ1v) is 9.90. The molecule has 0 unspecified atom stereocenters. The quantitative estimate of drug-likeness (QED) is 0.473. The number of nitrogens with one attached hydrogen (secondary N) is 2. The van der Waals surface area contributed by atoms with Gasteiger partial charge in [-0.2, -0.15) is 0 Å². The van der Waals surface area contributed by atoms with Crippen LogP contribution < -0.4 is 15.6 Å². The Balaban J connectivity index is 1.66. The van der Waals surface area contributed by atoms with Crippen LogP contribution in [0.15, 0.2) is 72.8 Å². The zero-order valence-electron chi connectivity index (χ0n) is 17.6. The molecule has 0 saturated carbocycles. The molecule has 158 valence electrons. The number of hydrogen-bond donors (Lipinski definition) is 2. The molecule has 0 radical (unpaired) electrons. The van der Waals surface area contributed by atoms with Crippen LogP contribution >= 0.6 is 0 Å². The number of hydrazine groups is 1. The van der Waals surface area contributed by atoms with Crippen molar-refractivity contribution in [1.82, 2.24) is 10.9 Å². The molecule has 3 aromatic rings. The van der Waals surface area contributed by atoms with Crippen LogP contribution in [0.1, 0.15) is 44.3 Å². The smallest absolute Gasteiger partial charge is 0.279 e. The Kier molecular flexibility index (Phi) is 6.82. The highest BCUT2D eigenvalue weighted by atomic mass is 16.5. The monoisotopic (exact) mass is 416 g/mol. The van der Waals surface area contributed by atoms with E-state index in [1.54, 1.807) is 55.5 Å². The van der Waals surface area contributed by atoms with E-state index in [0.717, 1.165) is 11.1 Å². The predicted molar refractivity (Wildman–Crippen MR) is 118 cm³/mol. The number of ether oxygens (including phenoxy) is 1. The largest absolute Gasteiger partial charge is 0.481 e. The Morgan fingerprint density at radius 3 is 2.13 bits per heavy atom. The molecule has 0 saturated heterocycles. The van der Waals surface area contributed by atoms with E-state index in [0.29, 0.717) is 11.3 Å². The number of aryl methyl sites for hydroxylation is 1. The molecule has 0 fully saturated rings. The minimum Gasteiger partial charge on any atom is -0.481 e. The molecule has 31 heavy (non-hydrogen) atoms. The molecule has 0 aliphatic heterocycles. The van der Waals surface area contributed by atoms with E-state index < -0.39 is 17.9 Å². The van der Waals surface area contributed by atoms with E-state index in [4.69, 9.17) is 4.74 Å². The summed E-state index contributed by atoms with van der Waals surface area (Å²) in [4.78, 5) is 37.9. The number of amides is 2. The van der Waals surface area contributed by atoms with Gasteiger partial charge in [0.1, 0.15) is 5.75 Å². The van der Waals surface area contributed by atoms with Crippen molar-refractivity contribution in [3.8, 4) is 5.75 Å². The Hall–Kier alpha value is -3.93. The molecule has 6 nitrogen and oxygen atoms in total. The Bertz CT molecular complexity index is 1110. The van der Waals surface area contributed by atoms with Crippen molar-refractivity contribution in [2.24, 2.45) is 0 Å². The molecule has 3 rings (SSSR count). The van der Waals surface area contributed by atoms with Crippen LogP contribution in [0, 0.1) is 13.8 Å². The van der Waals surface area contributed by atoms with Gasteiger partial charge in [0, 0.05) is 11.1 Å². The van der Waals surface area contributed by atoms with Gasteiger partial charge in [0.05, 0.1) is 5.56 Å². The third-order valence-corrected chi connectivity index (χ3v) is 4.98. The second-order valence-electron chi connectivity index (χ2n) is 7.14. The maximum Gasteiger partial charge on any atom is 0.279 e. The number of carbonyl (C=O) groups excluding carboxylic acids is 3. The van der Waals surface area contributed by atoms with Gasteiger partial charge in [-0.25, -0.2) is 0 Å². The summed E-state index contributed by atoms with van der Waals surface area (Å²) in [6, 6.07) is 20.8. The number of ketones is 1. The standard InChI is InChI=1S/C25H24N2O4/c1-16-10-9-15-22(17(16)2)31-18(3)24(29)26-27-25(30)21-14-8-7-13-20(21)23(28)19-11-5-4-6-12-19/h4-15,18H,1-3H3,(H,26,29)(H,27,30)/t18-/m1/s1. The molecule has 3 aromatic carbocycles. The Labute approximate surface area is 181 Å². The average molecular weight is 416 g/mol. The van der Waals surface area contributed by atoms with E-state index in [2.05, 4.69) is 10.9 Å². The summed E-state index contributed by atoms with van der Waals surface area (Å²) in [6.07, 6.45) is -0.831. The number of benzene rings is 3. The fourth-order valence-corrected chi connectivity index (χ4v) is 3.01. The van der Waals surface area contributed by atoms with Crippen molar-refractivity contribution >= 4 is 17.6 Å². The molecule has 2 N–H and O–H groups in total. The fourth-order valence-electron chi connectivity index (χ4n) is 3.01. The minimum absolute atomic E-state index is 0.166. The zero-order chi connectivity index (χ0) is 22.4. The van der Waals surface area contributed by atoms with E-state index >= 15 is 0 Å². The summed E-state index contributed by atoms with van der Waals surface area (Å²) in [6.45, 7) is 5.47. The van der Waals surface area contributed by atoms with E-state index in [1.807, 2.05) is 32.0 Å². The maximum absolute atomic E-state index is 12.8. The van der Waals surface area contributed by atoms with E-state index in [9.17, 15) is 14.4 Å². The number of rotatable bonds is 6. The molecule has 0 heterocycles. The maximum atomic E-state index is 12.8. The van der Waals surface area contributed by atoms with Gasteiger partial charge in [0.15, 0.2) is 11.9 Å². The van der Waals surface area contributed by atoms with Gasteiger partial charge >= 0.3 is 0 Å². The second-order valence-corrected chi connectivity index (χ2v) is 7.14. The highest BCUT2D eigenvalue weighted by Crippen LogP contribution is 2.21. The fraction of sp³-hybridized carbons (Fsp3) is 0.160. The van der Waals surface area contributed by atoms with Crippen molar-refractivity contribution < 1.29 is 19.1 Å². The molecule has 6 heteroatoms. The lowest BCUT2D eigenvalue weighted by Gasteiger charge is -2.17. The van der Waals surface area contributed by atoms with Crippen molar-refractivity contribution in [2.75, 3.05) is 0 Å². The number of carbonyl (C=O) groups is 3. The van der Waals surface area contributed by atoms with Crippen LogP contribution in [0.25, 0.3) is 0 Å². The van der Waals surface area contributed by atoms with Gasteiger partial charge in [-0.3, -0.25) is 25.2 Å². The number of hydrogen-bond acceptors (Lipinski definition) is 4. The topological polar surface area (TPSA) is 84.5 Å². The molecule has 0 aliphatic rings. The third-order valence-electron chi connectivity index (χ3n) is 4.98. The summed E-state index contributed by atoms with van der Waals surface area (Å²) in [5.74, 6) is -0.773. The molecule has 2 amide bonds.